The van der Waals surface area contributed by atoms with Crippen molar-refractivity contribution in [2.75, 3.05) is 0 Å². The SMILES string of the molecule is CC(=CC(=O)NCc1nc(C2CC2)no1)c1ccccc1Cl. The first-order chi connectivity index (χ1) is 10.6. The minimum Gasteiger partial charge on any atom is -0.343 e. The van der Waals surface area contributed by atoms with Gasteiger partial charge in [0, 0.05) is 17.0 Å². The summed E-state index contributed by atoms with van der Waals surface area (Å²) in [5.41, 5.74) is 1.64. The van der Waals surface area contributed by atoms with Crippen LogP contribution in [0.3, 0.4) is 0 Å². The molecule has 1 aliphatic carbocycles. The maximum absolute atomic E-state index is 11.9. The molecule has 0 spiro atoms. The van der Waals surface area contributed by atoms with Crippen molar-refractivity contribution in [2.45, 2.75) is 32.2 Å². The molecular weight excluding hydrogens is 302 g/mol. The van der Waals surface area contributed by atoms with E-state index >= 15 is 0 Å². The lowest BCUT2D eigenvalue weighted by atomic mass is 10.1. The quantitative estimate of drug-likeness (QED) is 0.859. The van der Waals surface area contributed by atoms with E-state index in [1.165, 1.54) is 6.08 Å². The number of hydrogen-bond acceptors (Lipinski definition) is 4. The van der Waals surface area contributed by atoms with Crippen molar-refractivity contribution >= 4 is 23.1 Å². The van der Waals surface area contributed by atoms with Crippen LogP contribution in [0, 0.1) is 0 Å². The fourth-order valence-corrected chi connectivity index (χ4v) is 2.40. The highest BCUT2D eigenvalue weighted by atomic mass is 35.5. The highest BCUT2D eigenvalue weighted by molar-refractivity contribution is 6.32. The van der Waals surface area contributed by atoms with Crippen molar-refractivity contribution in [1.82, 2.24) is 15.5 Å². The van der Waals surface area contributed by atoms with Crippen LogP contribution in [0.5, 0.6) is 0 Å². The fourth-order valence-electron chi connectivity index (χ4n) is 2.12. The van der Waals surface area contributed by atoms with Crippen LogP contribution in [0.2, 0.25) is 5.02 Å². The summed E-state index contributed by atoms with van der Waals surface area (Å²) in [7, 11) is 0. The van der Waals surface area contributed by atoms with Gasteiger partial charge in [-0.15, -0.1) is 0 Å². The van der Waals surface area contributed by atoms with E-state index in [4.69, 9.17) is 16.1 Å². The number of benzene rings is 1. The van der Waals surface area contributed by atoms with E-state index in [0.717, 1.165) is 29.8 Å². The number of nitrogens with one attached hydrogen (secondary N) is 1. The summed E-state index contributed by atoms with van der Waals surface area (Å²) in [4.78, 5) is 16.2. The van der Waals surface area contributed by atoms with Crippen molar-refractivity contribution in [3.63, 3.8) is 0 Å². The van der Waals surface area contributed by atoms with Gasteiger partial charge in [0.2, 0.25) is 11.8 Å². The largest absolute Gasteiger partial charge is 0.343 e. The zero-order chi connectivity index (χ0) is 15.5. The molecule has 1 aromatic carbocycles. The van der Waals surface area contributed by atoms with Gasteiger partial charge in [0.05, 0.1) is 6.54 Å². The minimum absolute atomic E-state index is 0.219. The number of allylic oxidation sites excluding steroid dienone is 1. The van der Waals surface area contributed by atoms with Crippen LogP contribution >= 0.6 is 11.6 Å². The minimum atomic E-state index is -0.219. The maximum atomic E-state index is 11.9. The molecule has 1 aromatic heterocycles. The molecule has 6 heteroatoms. The molecule has 1 N–H and O–H groups in total. The van der Waals surface area contributed by atoms with Crippen molar-refractivity contribution in [2.24, 2.45) is 0 Å². The molecule has 1 saturated carbocycles. The molecule has 1 fully saturated rings. The molecule has 0 unspecified atom stereocenters. The molecule has 22 heavy (non-hydrogen) atoms. The first kappa shape index (κ1) is 14.8. The Bertz CT molecular complexity index is 720. The van der Waals surface area contributed by atoms with Crippen LogP contribution in [-0.2, 0) is 11.3 Å². The number of rotatable bonds is 5. The molecule has 0 bridgehead atoms. The van der Waals surface area contributed by atoms with Gasteiger partial charge in [0.15, 0.2) is 5.82 Å². The van der Waals surface area contributed by atoms with Crippen molar-refractivity contribution in [1.29, 1.82) is 0 Å². The molecular formula is C16H16ClN3O2. The molecule has 1 aliphatic rings. The average molecular weight is 318 g/mol. The second-order valence-corrected chi connectivity index (χ2v) is 5.75. The summed E-state index contributed by atoms with van der Waals surface area (Å²) >= 11 is 6.11. The summed E-state index contributed by atoms with van der Waals surface area (Å²) in [6, 6.07) is 7.41. The highest BCUT2D eigenvalue weighted by Crippen LogP contribution is 2.38. The second-order valence-electron chi connectivity index (χ2n) is 5.35. The van der Waals surface area contributed by atoms with Crippen molar-refractivity contribution in [3.8, 4) is 0 Å². The standard InChI is InChI=1S/C16H16ClN3O2/c1-10(12-4-2-3-5-13(12)17)8-14(21)18-9-15-19-16(20-22-15)11-6-7-11/h2-5,8,11H,6-7,9H2,1H3,(H,18,21). The van der Waals surface area contributed by atoms with Gasteiger partial charge in [-0.2, -0.15) is 4.98 Å². The smallest absolute Gasteiger partial charge is 0.246 e. The zero-order valence-electron chi connectivity index (χ0n) is 12.2. The molecule has 0 aliphatic heterocycles. The lowest BCUT2D eigenvalue weighted by molar-refractivity contribution is -0.116. The second kappa shape index (κ2) is 6.32. The molecule has 3 rings (SSSR count). The number of nitrogens with zero attached hydrogens (tertiary/aromatic N) is 2. The first-order valence-electron chi connectivity index (χ1n) is 7.17. The summed E-state index contributed by atoms with van der Waals surface area (Å²) in [6.07, 6.45) is 3.75. The van der Waals surface area contributed by atoms with E-state index < -0.39 is 0 Å². The predicted octanol–water partition coefficient (Wildman–Crippen LogP) is 3.32. The Labute approximate surface area is 133 Å². The molecule has 2 aromatic rings. The molecule has 1 amide bonds. The lowest BCUT2D eigenvalue weighted by Gasteiger charge is -2.04. The number of hydrogen-bond donors (Lipinski definition) is 1. The van der Waals surface area contributed by atoms with Crippen LogP contribution < -0.4 is 5.32 Å². The number of carbonyl (C=O) groups is 1. The van der Waals surface area contributed by atoms with Gasteiger partial charge in [-0.25, -0.2) is 0 Å². The average Bonchev–Trinajstić information content (AvgIpc) is 3.24. The van der Waals surface area contributed by atoms with Gasteiger partial charge in [0.1, 0.15) is 0 Å². The summed E-state index contributed by atoms with van der Waals surface area (Å²) in [6.45, 7) is 2.07. The van der Waals surface area contributed by atoms with E-state index in [9.17, 15) is 4.79 Å². The van der Waals surface area contributed by atoms with Crippen LogP contribution in [0.15, 0.2) is 34.9 Å². The molecule has 5 nitrogen and oxygen atoms in total. The monoisotopic (exact) mass is 317 g/mol. The van der Waals surface area contributed by atoms with E-state index in [-0.39, 0.29) is 12.5 Å². The van der Waals surface area contributed by atoms with Gasteiger partial charge >= 0.3 is 0 Å². The Kier molecular flexibility index (Phi) is 4.24. The van der Waals surface area contributed by atoms with Gasteiger partial charge in [-0.05, 0) is 37.0 Å². The Hall–Kier alpha value is -2.14. The normalized spacial score (nSPS) is 14.9. The molecule has 114 valence electrons. The Morgan fingerprint density at radius 3 is 2.95 bits per heavy atom. The van der Waals surface area contributed by atoms with Crippen molar-refractivity contribution in [3.05, 3.63) is 52.6 Å². The molecule has 0 radical (unpaired) electrons. The lowest BCUT2D eigenvalue weighted by Crippen LogP contribution is -2.20. The van der Waals surface area contributed by atoms with Gasteiger partial charge in [-0.1, -0.05) is 35.0 Å². The zero-order valence-corrected chi connectivity index (χ0v) is 12.9. The predicted molar refractivity (Wildman–Crippen MR) is 83.2 cm³/mol. The van der Waals surface area contributed by atoms with Crippen LogP contribution in [0.25, 0.3) is 5.57 Å². The van der Waals surface area contributed by atoms with Gasteiger partial charge in [-0.3, -0.25) is 4.79 Å². The summed E-state index contributed by atoms with van der Waals surface area (Å²) < 4.78 is 5.11. The van der Waals surface area contributed by atoms with Crippen LogP contribution in [-0.4, -0.2) is 16.0 Å². The first-order valence-corrected chi connectivity index (χ1v) is 7.55. The van der Waals surface area contributed by atoms with E-state index in [2.05, 4.69) is 15.5 Å². The number of carbonyl (C=O) groups excluding carboxylic acids is 1. The van der Waals surface area contributed by atoms with E-state index in [1.807, 2.05) is 25.1 Å². The van der Waals surface area contributed by atoms with E-state index in [1.54, 1.807) is 6.07 Å². The van der Waals surface area contributed by atoms with Crippen LogP contribution in [0.1, 0.15) is 43.0 Å². The van der Waals surface area contributed by atoms with Gasteiger partial charge < -0.3 is 9.84 Å². The fraction of sp³-hybridized carbons (Fsp3) is 0.312. The third-order valence-electron chi connectivity index (χ3n) is 3.49. The number of amides is 1. The molecule has 0 atom stereocenters. The third kappa shape index (κ3) is 3.54. The Morgan fingerprint density at radius 1 is 1.45 bits per heavy atom. The Balaban J connectivity index is 1.59. The highest BCUT2D eigenvalue weighted by Gasteiger charge is 2.28. The van der Waals surface area contributed by atoms with Gasteiger partial charge in [0.25, 0.3) is 0 Å². The third-order valence-corrected chi connectivity index (χ3v) is 3.82. The molecule has 0 saturated heterocycles. The van der Waals surface area contributed by atoms with E-state index in [0.29, 0.717) is 16.8 Å². The molecule has 1 heterocycles. The number of aromatic nitrogens is 2. The van der Waals surface area contributed by atoms with Crippen molar-refractivity contribution < 1.29 is 9.32 Å². The topological polar surface area (TPSA) is 68.0 Å². The summed E-state index contributed by atoms with van der Waals surface area (Å²) in [5, 5.41) is 7.26. The Morgan fingerprint density at radius 2 is 2.23 bits per heavy atom. The van der Waals surface area contributed by atoms with Crippen LogP contribution in [0.4, 0.5) is 0 Å². The number of halogens is 1. The summed E-state index contributed by atoms with van der Waals surface area (Å²) in [5.74, 6) is 1.39. The maximum Gasteiger partial charge on any atom is 0.246 e.